The van der Waals surface area contributed by atoms with Crippen LogP contribution in [0.3, 0.4) is 0 Å². The van der Waals surface area contributed by atoms with Crippen molar-refractivity contribution in [3.8, 4) is 5.75 Å². The van der Waals surface area contributed by atoms with Crippen LogP contribution in [0.25, 0.3) is 5.65 Å². The lowest BCUT2D eigenvalue weighted by Gasteiger charge is -2.28. The first-order chi connectivity index (χ1) is 12.1. The molecule has 0 atom stereocenters. The minimum atomic E-state index is -0.0441. The summed E-state index contributed by atoms with van der Waals surface area (Å²) in [6, 6.07) is 8.93. The van der Waals surface area contributed by atoms with Crippen molar-refractivity contribution in [3.63, 3.8) is 0 Å². The number of hydrogen-bond donors (Lipinski definition) is 0. The van der Waals surface area contributed by atoms with Gasteiger partial charge in [0.2, 0.25) is 0 Å². The molecule has 0 radical (unpaired) electrons. The van der Waals surface area contributed by atoms with Crippen molar-refractivity contribution >= 4 is 23.2 Å². The molecular weight excluding hydrogens is 340 g/mol. The third kappa shape index (κ3) is 3.17. The zero-order chi connectivity index (χ0) is 17.4. The molecule has 3 aromatic rings. The molecule has 4 rings (SSSR count). The first-order valence-electron chi connectivity index (χ1n) is 8.09. The summed E-state index contributed by atoms with van der Waals surface area (Å²) in [6.45, 7) is 3.13. The fourth-order valence-corrected chi connectivity index (χ4v) is 3.16. The Kier molecular flexibility index (Phi) is 4.05. The van der Waals surface area contributed by atoms with Crippen molar-refractivity contribution in [1.29, 1.82) is 0 Å². The van der Waals surface area contributed by atoms with Crippen LogP contribution in [0.4, 0.5) is 0 Å². The normalized spacial score (nSPS) is 13.8. The molecule has 128 valence electrons. The molecule has 1 aliphatic rings. The van der Waals surface area contributed by atoms with Crippen LogP contribution in [0, 0.1) is 6.92 Å². The Balaban J connectivity index is 1.45. The molecule has 1 aromatic carbocycles. The summed E-state index contributed by atoms with van der Waals surface area (Å²) in [5.41, 5.74) is 3.94. The number of amides is 1. The number of aromatic nitrogens is 3. The number of carbonyl (C=O) groups is 1. The monoisotopic (exact) mass is 356 g/mol. The molecular formula is C18H17ClN4O2. The lowest BCUT2D eigenvalue weighted by Crippen LogP contribution is -2.39. The highest BCUT2D eigenvalue weighted by Gasteiger charge is 2.23. The minimum Gasteiger partial charge on any atom is -0.484 e. The molecule has 0 saturated carbocycles. The second kappa shape index (κ2) is 6.37. The maximum atomic E-state index is 12.4. The molecule has 25 heavy (non-hydrogen) atoms. The number of halogens is 1. The molecule has 0 unspecified atom stereocenters. The molecule has 6 nitrogen and oxygen atoms in total. The fourth-order valence-electron chi connectivity index (χ4n) is 3.04. The van der Waals surface area contributed by atoms with Gasteiger partial charge in [-0.1, -0.05) is 11.6 Å². The number of fused-ring (bicyclic) bond motifs is 3. The van der Waals surface area contributed by atoms with Gasteiger partial charge in [-0.05, 0) is 31.2 Å². The van der Waals surface area contributed by atoms with E-state index in [1.165, 1.54) is 0 Å². The molecule has 7 heteroatoms. The topological polar surface area (TPSA) is 59.7 Å². The summed E-state index contributed by atoms with van der Waals surface area (Å²) in [5.74, 6) is 0.586. The van der Waals surface area contributed by atoms with Gasteiger partial charge in [-0.15, -0.1) is 0 Å². The van der Waals surface area contributed by atoms with Crippen molar-refractivity contribution in [2.45, 2.75) is 19.9 Å². The van der Waals surface area contributed by atoms with Gasteiger partial charge in [0.15, 0.2) is 12.3 Å². The third-order valence-electron chi connectivity index (χ3n) is 4.30. The number of rotatable bonds is 3. The number of carbonyl (C=O) groups excluding carboxylic acids is 1. The number of ether oxygens (including phenoxy) is 1. The number of hydrogen-bond acceptors (Lipinski definition) is 4. The van der Waals surface area contributed by atoms with Crippen LogP contribution >= 0.6 is 11.6 Å². The summed E-state index contributed by atoms with van der Waals surface area (Å²) in [4.78, 5) is 18.7. The van der Waals surface area contributed by atoms with Crippen LogP contribution in [0.5, 0.6) is 5.75 Å². The van der Waals surface area contributed by atoms with Gasteiger partial charge in [0, 0.05) is 42.4 Å². The molecule has 3 heterocycles. The molecule has 0 fully saturated rings. The molecule has 0 N–H and O–H groups in total. The van der Waals surface area contributed by atoms with E-state index in [1.54, 1.807) is 29.2 Å². The molecule has 1 aliphatic heterocycles. The highest BCUT2D eigenvalue weighted by atomic mass is 35.5. The molecule has 0 aliphatic carbocycles. The van der Waals surface area contributed by atoms with E-state index in [2.05, 4.69) is 10.1 Å². The molecule has 1 amide bonds. The van der Waals surface area contributed by atoms with Crippen LogP contribution in [0.2, 0.25) is 5.02 Å². The Bertz CT molecular complexity index is 936. The average Bonchev–Trinajstić information content (AvgIpc) is 3.01. The van der Waals surface area contributed by atoms with Crippen molar-refractivity contribution in [3.05, 3.63) is 58.5 Å². The van der Waals surface area contributed by atoms with Crippen LogP contribution in [-0.4, -0.2) is 38.6 Å². The number of aryl methyl sites for hydroxylation is 1. The maximum absolute atomic E-state index is 12.4. The van der Waals surface area contributed by atoms with Crippen LogP contribution in [0.1, 0.15) is 17.0 Å². The summed E-state index contributed by atoms with van der Waals surface area (Å²) >= 11 is 5.84. The molecule has 0 bridgehead atoms. The van der Waals surface area contributed by atoms with Gasteiger partial charge < -0.3 is 9.64 Å². The van der Waals surface area contributed by atoms with E-state index in [4.69, 9.17) is 16.3 Å². The van der Waals surface area contributed by atoms with Crippen molar-refractivity contribution < 1.29 is 9.53 Å². The van der Waals surface area contributed by atoms with E-state index < -0.39 is 0 Å². The Morgan fingerprint density at radius 1 is 1.32 bits per heavy atom. The SMILES string of the molecule is Cc1cc2ncc3c(n2n1)CCN(C(=O)COc1ccc(Cl)cc1)C3. The first-order valence-corrected chi connectivity index (χ1v) is 8.47. The number of benzene rings is 1. The Labute approximate surface area is 150 Å². The predicted molar refractivity (Wildman–Crippen MR) is 93.8 cm³/mol. The zero-order valence-corrected chi connectivity index (χ0v) is 14.5. The van der Waals surface area contributed by atoms with E-state index in [1.807, 2.05) is 23.7 Å². The van der Waals surface area contributed by atoms with Gasteiger partial charge in [0.05, 0.1) is 11.4 Å². The smallest absolute Gasteiger partial charge is 0.260 e. The molecule has 0 spiro atoms. The van der Waals surface area contributed by atoms with E-state index >= 15 is 0 Å². The van der Waals surface area contributed by atoms with Gasteiger partial charge in [-0.3, -0.25) is 4.79 Å². The van der Waals surface area contributed by atoms with Crippen molar-refractivity contribution in [2.24, 2.45) is 0 Å². The quantitative estimate of drug-likeness (QED) is 0.724. The lowest BCUT2D eigenvalue weighted by molar-refractivity contribution is -0.134. The maximum Gasteiger partial charge on any atom is 0.260 e. The Morgan fingerprint density at radius 3 is 2.92 bits per heavy atom. The molecule has 0 saturated heterocycles. The summed E-state index contributed by atoms with van der Waals surface area (Å²) in [5, 5.41) is 5.13. The predicted octanol–water partition coefficient (Wildman–Crippen LogP) is 2.65. The van der Waals surface area contributed by atoms with E-state index in [0.717, 1.165) is 29.0 Å². The first kappa shape index (κ1) is 15.9. The van der Waals surface area contributed by atoms with Crippen LogP contribution < -0.4 is 4.74 Å². The second-order valence-electron chi connectivity index (χ2n) is 6.09. The van der Waals surface area contributed by atoms with Gasteiger partial charge in [-0.25, -0.2) is 9.50 Å². The van der Waals surface area contributed by atoms with Gasteiger partial charge >= 0.3 is 0 Å². The molecule has 2 aromatic heterocycles. The highest BCUT2D eigenvalue weighted by Crippen LogP contribution is 2.20. The van der Waals surface area contributed by atoms with Gasteiger partial charge in [-0.2, -0.15) is 5.10 Å². The van der Waals surface area contributed by atoms with Gasteiger partial charge in [0.1, 0.15) is 5.75 Å². The van der Waals surface area contributed by atoms with E-state index in [-0.39, 0.29) is 12.5 Å². The standard InChI is InChI=1S/C18H17ClN4O2/c1-12-8-17-20-9-13-10-22(7-6-16(13)23(17)21-12)18(24)11-25-15-4-2-14(19)3-5-15/h2-5,8-9H,6-7,10-11H2,1H3. The fraction of sp³-hybridized carbons (Fsp3) is 0.278. The van der Waals surface area contributed by atoms with E-state index in [0.29, 0.717) is 23.9 Å². The van der Waals surface area contributed by atoms with Crippen molar-refractivity contribution in [2.75, 3.05) is 13.2 Å². The Hall–Kier alpha value is -2.60. The second-order valence-corrected chi connectivity index (χ2v) is 6.53. The van der Waals surface area contributed by atoms with Crippen LogP contribution in [0.15, 0.2) is 36.5 Å². The average molecular weight is 357 g/mol. The minimum absolute atomic E-state index is 0.00746. The summed E-state index contributed by atoms with van der Waals surface area (Å²) in [6.07, 6.45) is 2.59. The number of nitrogens with zero attached hydrogens (tertiary/aromatic N) is 4. The van der Waals surface area contributed by atoms with E-state index in [9.17, 15) is 4.79 Å². The summed E-state index contributed by atoms with van der Waals surface area (Å²) in [7, 11) is 0. The van der Waals surface area contributed by atoms with Crippen molar-refractivity contribution in [1.82, 2.24) is 19.5 Å². The Morgan fingerprint density at radius 2 is 2.12 bits per heavy atom. The van der Waals surface area contributed by atoms with Crippen LogP contribution in [-0.2, 0) is 17.8 Å². The third-order valence-corrected chi connectivity index (χ3v) is 4.55. The largest absolute Gasteiger partial charge is 0.484 e. The summed E-state index contributed by atoms with van der Waals surface area (Å²) < 4.78 is 7.44. The lowest BCUT2D eigenvalue weighted by atomic mass is 10.1. The van der Waals surface area contributed by atoms with Gasteiger partial charge in [0.25, 0.3) is 5.91 Å². The highest BCUT2D eigenvalue weighted by molar-refractivity contribution is 6.30. The zero-order valence-electron chi connectivity index (χ0n) is 13.8.